The van der Waals surface area contributed by atoms with E-state index in [2.05, 4.69) is 73.7 Å². The molecule has 0 radical (unpaired) electrons. The molecule has 3 rings (SSSR count). The third-order valence-corrected chi connectivity index (χ3v) is 5.67. The zero-order valence-corrected chi connectivity index (χ0v) is 18.7. The first-order chi connectivity index (χ1) is 13.5. The van der Waals surface area contributed by atoms with Gasteiger partial charge >= 0.3 is 0 Å². The molecule has 0 aliphatic heterocycles. The molecule has 0 saturated heterocycles. The number of anilines is 1. The number of hydrogen-bond acceptors (Lipinski definition) is 4. The lowest BCUT2D eigenvalue weighted by Crippen LogP contribution is -2.26. The predicted octanol–water partition coefficient (Wildman–Crippen LogP) is 5.98. The topological polar surface area (TPSA) is 29.8 Å². The second kappa shape index (κ2) is 8.91. The van der Waals surface area contributed by atoms with Gasteiger partial charge in [-0.25, -0.2) is 4.98 Å². The van der Waals surface area contributed by atoms with Crippen LogP contribution in [-0.4, -0.2) is 35.8 Å². The van der Waals surface area contributed by atoms with E-state index in [-0.39, 0.29) is 0 Å². The van der Waals surface area contributed by atoms with E-state index in [4.69, 9.17) is 9.72 Å². The molecule has 0 fully saturated rings. The summed E-state index contributed by atoms with van der Waals surface area (Å²) in [5.74, 6) is 2.11. The number of rotatable bonds is 8. The molecule has 0 atom stereocenters. The molecule has 0 aliphatic carbocycles. The summed E-state index contributed by atoms with van der Waals surface area (Å²) in [7, 11) is 1.74. The molecule has 4 nitrogen and oxygen atoms in total. The number of imidazole rings is 1. The lowest BCUT2D eigenvalue weighted by molar-refractivity contribution is 0.416. The highest BCUT2D eigenvalue weighted by Crippen LogP contribution is 2.39. The van der Waals surface area contributed by atoms with Crippen molar-refractivity contribution in [2.45, 2.75) is 45.6 Å². The lowest BCUT2D eigenvalue weighted by atomic mass is 9.98. The number of aryl methyl sites for hydroxylation is 2. The Bertz CT molecular complexity index is 958. The van der Waals surface area contributed by atoms with Crippen molar-refractivity contribution in [2.24, 2.45) is 0 Å². The van der Waals surface area contributed by atoms with Gasteiger partial charge in [-0.05, 0) is 62.3 Å². The molecule has 150 valence electrons. The zero-order chi connectivity index (χ0) is 20.3. The van der Waals surface area contributed by atoms with Gasteiger partial charge in [-0.1, -0.05) is 19.9 Å². The van der Waals surface area contributed by atoms with E-state index < -0.39 is 0 Å². The minimum absolute atomic E-state index is 0.903. The van der Waals surface area contributed by atoms with Gasteiger partial charge in [-0.3, -0.25) is 4.40 Å². The number of pyridine rings is 1. The maximum absolute atomic E-state index is 5.75. The molecule has 0 amide bonds. The van der Waals surface area contributed by atoms with Crippen molar-refractivity contribution in [3.8, 4) is 16.9 Å². The van der Waals surface area contributed by atoms with Gasteiger partial charge in [0.2, 0.25) is 0 Å². The summed E-state index contributed by atoms with van der Waals surface area (Å²) in [6.07, 6.45) is 6.48. The van der Waals surface area contributed by atoms with Crippen LogP contribution in [0.2, 0.25) is 0 Å². The minimum atomic E-state index is 0.903. The number of benzene rings is 1. The molecule has 3 aromatic rings. The third-order valence-electron chi connectivity index (χ3n) is 5.01. The van der Waals surface area contributed by atoms with E-state index >= 15 is 0 Å². The monoisotopic (exact) mass is 397 g/mol. The second-order valence-electron chi connectivity index (χ2n) is 7.21. The first kappa shape index (κ1) is 20.6. The van der Waals surface area contributed by atoms with Crippen LogP contribution in [-0.2, 0) is 0 Å². The summed E-state index contributed by atoms with van der Waals surface area (Å²) < 4.78 is 8.00. The Kier molecular flexibility index (Phi) is 6.55. The fraction of sp³-hybridized carbons (Fsp3) is 0.435. The maximum Gasteiger partial charge on any atom is 0.147 e. The summed E-state index contributed by atoms with van der Waals surface area (Å²) in [5, 5.41) is 1.08. The van der Waals surface area contributed by atoms with Crippen molar-refractivity contribution in [2.75, 3.05) is 31.4 Å². The molecule has 0 unspecified atom stereocenters. The van der Waals surface area contributed by atoms with Crippen LogP contribution in [0.4, 0.5) is 5.82 Å². The number of thioether (sulfide) groups is 1. The van der Waals surface area contributed by atoms with Crippen LogP contribution in [0.3, 0.4) is 0 Å². The summed E-state index contributed by atoms with van der Waals surface area (Å²) in [6, 6.07) is 8.58. The molecule has 0 aliphatic rings. The molecule has 0 N–H and O–H groups in total. The van der Waals surface area contributed by atoms with Gasteiger partial charge in [0, 0.05) is 30.4 Å². The highest BCUT2D eigenvalue weighted by Gasteiger charge is 2.21. The van der Waals surface area contributed by atoms with Crippen LogP contribution in [0.1, 0.15) is 37.8 Å². The van der Waals surface area contributed by atoms with Crippen molar-refractivity contribution in [3.63, 3.8) is 0 Å². The van der Waals surface area contributed by atoms with Gasteiger partial charge in [-0.15, -0.1) is 11.8 Å². The molecule has 2 heterocycles. The molecule has 0 spiro atoms. The number of nitrogens with zero attached hydrogens (tertiary/aromatic N) is 3. The first-order valence-electron chi connectivity index (χ1n) is 10.0. The van der Waals surface area contributed by atoms with Crippen LogP contribution in [0.5, 0.6) is 5.75 Å². The van der Waals surface area contributed by atoms with Crippen molar-refractivity contribution in [1.29, 1.82) is 0 Å². The number of hydrogen-bond donors (Lipinski definition) is 0. The Balaban J connectivity index is 2.29. The molecule has 0 bridgehead atoms. The fourth-order valence-corrected chi connectivity index (χ4v) is 4.54. The molecule has 5 heteroatoms. The number of methoxy groups -OCH3 is 1. The Morgan fingerprint density at radius 1 is 1.14 bits per heavy atom. The summed E-state index contributed by atoms with van der Waals surface area (Å²) in [6.45, 7) is 10.8. The van der Waals surface area contributed by atoms with E-state index in [1.165, 1.54) is 16.9 Å². The molecule has 1 aromatic carbocycles. The average molecular weight is 398 g/mol. The Labute approximate surface area is 172 Å². The van der Waals surface area contributed by atoms with Gasteiger partial charge < -0.3 is 9.64 Å². The Morgan fingerprint density at radius 3 is 2.46 bits per heavy atom. The van der Waals surface area contributed by atoms with Gasteiger partial charge in [-0.2, -0.15) is 0 Å². The highest BCUT2D eigenvalue weighted by atomic mass is 32.2. The van der Waals surface area contributed by atoms with Crippen LogP contribution in [0.25, 0.3) is 16.8 Å². The fourth-order valence-electron chi connectivity index (χ4n) is 3.95. The van der Waals surface area contributed by atoms with Crippen molar-refractivity contribution >= 4 is 23.2 Å². The van der Waals surface area contributed by atoms with Crippen molar-refractivity contribution < 1.29 is 4.74 Å². The molecular weight excluding hydrogens is 366 g/mol. The van der Waals surface area contributed by atoms with Gasteiger partial charge in [0.05, 0.1) is 7.11 Å². The first-order valence-corrected chi connectivity index (χ1v) is 11.2. The minimum Gasteiger partial charge on any atom is -0.496 e. The van der Waals surface area contributed by atoms with Gasteiger partial charge in [0.1, 0.15) is 22.2 Å². The molecule has 2 aromatic heterocycles. The number of aromatic nitrogens is 2. The van der Waals surface area contributed by atoms with E-state index in [1.807, 2.05) is 0 Å². The lowest BCUT2D eigenvalue weighted by Gasteiger charge is -2.24. The third kappa shape index (κ3) is 3.72. The summed E-state index contributed by atoms with van der Waals surface area (Å²) in [5.41, 5.74) is 5.64. The van der Waals surface area contributed by atoms with Crippen molar-refractivity contribution in [1.82, 2.24) is 9.38 Å². The zero-order valence-electron chi connectivity index (χ0n) is 17.9. The quantitative estimate of drug-likeness (QED) is 0.438. The normalized spacial score (nSPS) is 11.2. The SMILES string of the molecule is CCCN(CCC)c1c(SC)nc2c(-c3c(C)cc(C)cc3OC)cccn12. The highest BCUT2D eigenvalue weighted by molar-refractivity contribution is 7.98. The van der Waals surface area contributed by atoms with E-state index in [0.29, 0.717) is 0 Å². The van der Waals surface area contributed by atoms with Crippen LogP contribution < -0.4 is 9.64 Å². The smallest absolute Gasteiger partial charge is 0.147 e. The van der Waals surface area contributed by atoms with E-state index in [0.717, 1.165) is 53.5 Å². The van der Waals surface area contributed by atoms with E-state index in [9.17, 15) is 0 Å². The Morgan fingerprint density at radius 2 is 1.86 bits per heavy atom. The summed E-state index contributed by atoms with van der Waals surface area (Å²) >= 11 is 1.72. The maximum atomic E-state index is 5.75. The average Bonchev–Trinajstić information content (AvgIpc) is 3.06. The standard InChI is InChI=1S/C23H31N3OS/c1-7-11-25(12-8-2)23-22(28-6)24-21-18(10-9-13-26(21)23)20-17(4)14-16(3)15-19(20)27-5/h9-10,13-15H,7-8,11-12H2,1-6H3. The van der Waals surface area contributed by atoms with Crippen LogP contribution >= 0.6 is 11.8 Å². The molecule has 0 saturated carbocycles. The van der Waals surface area contributed by atoms with Gasteiger partial charge in [0.25, 0.3) is 0 Å². The van der Waals surface area contributed by atoms with Crippen LogP contribution in [0, 0.1) is 13.8 Å². The summed E-state index contributed by atoms with van der Waals surface area (Å²) in [4.78, 5) is 7.53. The van der Waals surface area contributed by atoms with E-state index in [1.54, 1.807) is 18.9 Å². The molecular formula is C23H31N3OS. The predicted molar refractivity (Wildman–Crippen MR) is 121 cm³/mol. The van der Waals surface area contributed by atoms with Crippen molar-refractivity contribution in [3.05, 3.63) is 41.6 Å². The van der Waals surface area contributed by atoms with Gasteiger partial charge in [0.15, 0.2) is 0 Å². The Hall–Kier alpha value is -2.14. The number of ether oxygens (including phenoxy) is 1. The molecule has 28 heavy (non-hydrogen) atoms. The van der Waals surface area contributed by atoms with Crippen LogP contribution in [0.15, 0.2) is 35.5 Å². The second-order valence-corrected chi connectivity index (χ2v) is 8.00. The number of fused-ring (bicyclic) bond motifs is 1. The largest absolute Gasteiger partial charge is 0.496 e.